The predicted molar refractivity (Wildman–Crippen MR) is 84.2 cm³/mol. The van der Waals surface area contributed by atoms with E-state index in [0.29, 0.717) is 10.6 Å². The van der Waals surface area contributed by atoms with Crippen LogP contribution in [0.25, 0.3) is 10.9 Å². The van der Waals surface area contributed by atoms with Gasteiger partial charge in [0.25, 0.3) is 0 Å². The van der Waals surface area contributed by atoms with Crippen LogP contribution in [0.4, 0.5) is 5.69 Å². The van der Waals surface area contributed by atoms with Crippen LogP contribution in [0.15, 0.2) is 57.3 Å². The Hall–Kier alpha value is -1.99. The van der Waals surface area contributed by atoms with Crippen molar-refractivity contribution in [1.82, 2.24) is 10.2 Å². The quantitative estimate of drug-likeness (QED) is 0.725. The minimum Gasteiger partial charge on any atom is -0.398 e. The largest absolute Gasteiger partial charge is 0.398 e. The molecule has 0 saturated heterocycles. The lowest BCUT2D eigenvalue weighted by molar-refractivity contribution is 0.602. The molecule has 21 heavy (non-hydrogen) atoms. The summed E-state index contributed by atoms with van der Waals surface area (Å²) in [5.74, 6) is 0. The first-order chi connectivity index (χ1) is 9.93. The average molecular weight is 319 g/mol. The normalized spacial score (nSPS) is 11.9. The smallest absolute Gasteiger partial charge is 0.175 e. The third kappa shape index (κ3) is 2.88. The molecule has 0 atom stereocenters. The Morgan fingerprint density at radius 3 is 2.57 bits per heavy atom. The number of hydrogen-bond donors (Lipinski definition) is 2. The van der Waals surface area contributed by atoms with E-state index >= 15 is 0 Å². The maximum atomic E-state index is 11.4. The number of nitrogens with one attached hydrogen (secondary N) is 1. The van der Waals surface area contributed by atoms with Crippen LogP contribution in [-0.4, -0.2) is 24.9 Å². The Kier molecular flexibility index (Phi) is 3.38. The highest BCUT2D eigenvalue weighted by atomic mass is 32.2. The van der Waals surface area contributed by atoms with Crippen molar-refractivity contribution >= 4 is 38.2 Å². The van der Waals surface area contributed by atoms with Gasteiger partial charge in [-0.2, -0.15) is 5.10 Å². The van der Waals surface area contributed by atoms with Crippen LogP contribution in [-0.2, 0) is 9.84 Å². The summed E-state index contributed by atoms with van der Waals surface area (Å²) in [5, 5.41) is 7.84. The SMILES string of the molecule is CS(=O)(=O)c1ccc(Sc2cc3[nH]ncc3cc2N)cc1. The lowest BCUT2D eigenvalue weighted by Crippen LogP contribution is -1.96. The van der Waals surface area contributed by atoms with Gasteiger partial charge in [0.15, 0.2) is 9.84 Å². The van der Waals surface area contributed by atoms with Crippen molar-refractivity contribution < 1.29 is 8.42 Å². The van der Waals surface area contributed by atoms with E-state index in [1.807, 2.05) is 12.1 Å². The molecule has 0 amide bonds. The first kappa shape index (κ1) is 14.0. The molecular weight excluding hydrogens is 306 g/mol. The maximum Gasteiger partial charge on any atom is 0.175 e. The molecule has 0 aliphatic heterocycles. The fraction of sp³-hybridized carbons (Fsp3) is 0.0714. The number of aromatic amines is 1. The summed E-state index contributed by atoms with van der Waals surface area (Å²) in [6, 6.07) is 10.6. The van der Waals surface area contributed by atoms with Gasteiger partial charge in [-0.05, 0) is 36.4 Å². The predicted octanol–water partition coefficient (Wildman–Crippen LogP) is 2.70. The second kappa shape index (κ2) is 5.09. The molecule has 1 heterocycles. The van der Waals surface area contributed by atoms with Crippen LogP contribution in [0.2, 0.25) is 0 Å². The van der Waals surface area contributed by atoms with Crippen LogP contribution in [0.1, 0.15) is 0 Å². The second-order valence-corrected chi connectivity index (χ2v) is 7.82. The van der Waals surface area contributed by atoms with E-state index < -0.39 is 9.84 Å². The standard InChI is InChI=1S/C14H13N3O2S2/c1-21(18,19)11-4-2-10(3-5-11)20-14-7-13-9(6-12(14)15)8-16-17-13/h2-8H,15H2,1H3,(H,16,17). The number of benzene rings is 2. The van der Waals surface area contributed by atoms with Crippen LogP contribution >= 0.6 is 11.8 Å². The fourth-order valence-electron chi connectivity index (χ4n) is 1.96. The number of sulfone groups is 1. The average Bonchev–Trinajstić information content (AvgIpc) is 2.86. The van der Waals surface area contributed by atoms with Crippen LogP contribution < -0.4 is 5.73 Å². The third-order valence-electron chi connectivity index (χ3n) is 3.05. The number of rotatable bonds is 3. The molecule has 0 aliphatic rings. The van der Waals surface area contributed by atoms with Crippen LogP contribution in [0.3, 0.4) is 0 Å². The van der Waals surface area contributed by atoms with Crippen molar-refractivity contribution in [3.05, 3.63) is 42.6 Å². The van der Waals surface area contributed by atoms with Gasteiger partial charge in [-0.25, -0.2) is 8.42 Å². The highest BCUT2D eigenvalue weighted by Crippen LogP contribution is 2.34. The monoisotopic (exact) mass is 319 g/mol. The van der Waals surface area contributed by atoms with Gasteiger partial charge < -0.3 is 5.73 Å². The molecule has 0 unspecified atom stereocenters. The maximum absolute atomic E-state index is 11.4. The van der Waals surface area contributed by atoms with E-state index in [1.54, 1.807) is 30.5 Å². The molecule has 0 radical (unpaired) electrons. The first-order valence-electron chi connectivity index (χ1n) is 6.14. The van der Waals surface area contributed by atoms with Crippen LogP contribution in [0.5, 0.6) is 0 Å². The molecule has 3 rings (SSSR count). The van der Waals surface area contributed by atoms with Crippen molar-refractivity contribution in [2.24, 2.45) is 0 Å². The highest BCUT2D eigenvalue weighted by Gasteiger charge is 2.09. The number of fused-ring (bicyclic) bond motifs is 1. The minimum absolute atomic E-state index is 0.309. The van der Waals surface area contributed by atoms with Gasteiger partial charge in [-0.3, -0.25) is 5.10 Å². The summed E-state index contributed by atoms with van der Waals surface area (Å²) < 4.78 is 22.9. The van der Waals surface area contributed by atoms with Crippen molar-refractivity contribution in [3.63, 3.8) is 0 Å². The highest BCUT2D eigenvalue weighted by molar-refractivity contribution is 7.99. The van der Waals surface area contributed by atoms with Gasteiger partial charge >= 0.3 is 0 Å². The van der Waals surface area contributed by atoms with E-state index in [-0.39, 0.29) is 0 Å². The Morgan fingerprint density at radius 2 is 1.90 bits per heavy atom. The summed E-state index contributed by atoms with van der Waals surface area (Å²) in [4.78, 5) is 2.13. The van der Waals surface area contributed by atoms with Gasteiger partial charge in [0.05, 0.1) is 16.6 Å². The third-order valence-corrected chi connectivity index (χ3v) is 5.26. The minimum atomic E-state index is -3.17. The fourth-order valence-corrected chi connectivity index (χ4v) is 3.47. The molecule has 0 spiro atoms. The van der Waals surface area contributed by atoms with Gasteiger partial charge in [0.2, 0.25) is 0 Å². The van der Waals surface area contributed by atoms with Crippen molar-refractivity contribution in [2.75, 3.05) is 12.0 Å². The van der Waals surface area contributed by atoms with Crippen molar-refractivity contribution in [1.29, 1.82) is 0 Å². The number of aromatic nitrogens is 2. The number of anilines is 1. The number of nitrogen functional groups attached to an aromatic ring is 1. The molecule has 2 aromatic carbocycles. The van der Waals surface area contributed by atoms with E-state index in [9.17, 15) is 8.42 Å². The Bertz CT molecular complexity index is 900. The number of nitrogens with zero attached hydrogens (tertiary/aromatic N) is 1. The Balaban J connectivity index is 1.93. The second-order valence-electron chi connectivity index (χ2n) is 4.69. The Labute approximate surface area is 126 Å². The van der Waals surface area contributed by atoms with E-state index in [4.69, 9.17) is 5.73 Å². The first-order valence-corrected chi connectivity index (χ1v) is 8.85. The molecule has 1 aromatic heterocycles. The lowest BCUT2D eigenvalue weighted by Gasteiger charge is -2.06. The number of hydrogen-bond acceptors (Lipinski definition) is 5. The summed E-state index contributed by atoms with van der Waals surface area (Å²) in [6.45, 7) is 0. The molecule has 0 aliphatic carbocycles. The van der Waals surface area contributed by atoms with E-state index in [1.165, 1.54) is 18.0 Å². The van der Waals surface area contributed by atoms with Crippen molar-refractivity contribution in [3.8, 4) is 0 Å². The van der Waals surface area contributed by atoms with E-state index in [0.717, 1.165) is 20.7 Å². The van der Waals surface area contributed by atoms with Crippen molar-refractivity contribution in [2.45, 2.75) is 14.7 Å². The lowest BCUT2D eigenvalue weighted by atomic mass is 10.2. The summed E-state index contributed by atoms with van der Waals surface area (Å²) in [6.07, 6.45) is 2.92. The molecule has 0 saturated carbocycles. The zero-order chi connectivity index (χ0) is 15.0. The zero-order valence-corrected chi connectivity index (χ0v) is 12.8. The van der Waals surface area contributed by atoms with Gasteiger partial charge in [-0.1, -0.05) is 11.8 Å². The number of H-pyrrole nitrogens is 1. The molecule has 3 aromatic rings. The van der Waals surface area contributed by atoms with Gasteiger partial charge in [-0.15, -0.1) is 0 Å². The molecule has 0 fully saturated rings. The summed E-state index contributed by atoms with van der Waals surface area (Å²) in [7, 11) is -3.17. The van der Waals surface area contributed by atoms with E-state index in [2.05, 4.69) is 10.2 Å². The summed E-state index contributed by atoms with van der Waals surface area (Å²) >= 11 is 1.48. The Morgan fingerprint density at radius 1 is 1.19 bits per heavy atom. The zero-order valence-electron chi connectivity index (χ0n) is 11.2. The molecule has 5 nitrogen and oxygen atoms in total. The molecule has 7 heteroatoms. The van der Waals surface area contributed by atoms with Crippen LogP contribution in [0, 0.1) is 0 Å². The topological polar surface area (TPSA) is 88.8 Å². The molecular formula is C14H13N3O2S2. The molecule has 108 valence electrons. The molecule has 3 N–H and O–H groups in total. The molecule has 0 bridgehead atoms. The number of nitrogens with two attached hydrogens (primary N) is 1. The van der Waals surface area contributed by atoms with Gasteiger partial charge in [0.1, 0.15) is 0 Å². The summed E-state index contributed by atoms with van der Waals surface area (Å²) in [5.41, 5.74) is 7.62. The van der Waals surface area contributed by atoms with Gasteiger partial charge in [0, 0.05) is 27.1 Å².